The van der Waals surface area contributed by atoms with Gasteiger partial charge >= 0.3 is 0 Å². The van der Waals surface area contributed by atoms with Gasteiger partial charge in [-0.3, -0.25) is 4.40 Å². The van der Waals surface area contributed by atoms with E-state index in [0.717, 1.165) is 47.6 Å². The molecule has 0 radical (unpaired) electrons. The molecule has 0 amide bonds. The third-order valence-corrected chi connectivity index (χ3v) is 4.73. The molecule has 3 heterocycles. The summed E-state index contributed by atoms with van der Waals surface area (Å²) in [4.78, 5) is 4.71. The van der Waals surface area contributed by atoms with Crippen molar-refractivity contribution in [3.8, 4) is 17.0 Å². The van der Waals surface area contributed by atoms with Gasteiger partial charge in [-0.2, -0.15) is 0 Å². The molecular weight excluding hydrogens is 370 g/mol. The summed E-state index contributed by atoms with van der Waals surface area (Å²) in [5.74, 6) is 1.09. The maximum absolute atomic E-state index is 10.2. The summed E-state index contributed by atoms with van der Waals surface area (Å²) in [6.07, 6.45) is 4.38. The maximum Gasteiger partial charge on any atom is 0.139 e. The Morgan fingerprint density at radius 2 is 2.17 bits per heavy atom. The standard InChI is InChI=1S/C18H18BrN3O2/c19-12-7-8-16-21-17(14-5-1-2-6-15(14)23)18(22(16)11-12)20-10-13-4-3-9-24-13/h1-2,5-8,11,13,20,23H,3-4,9-10H2. The molecule has 1 aromatic carbocycles. The van der Waals surface area contributed by atoms with E-state index in [4.69, 9.17) is 9.72 Å². The van der Waals surface area contributed by atoms with E-state index in [0.29, 0.717) is 5.56 Å². The molecule has 1 aliphatic rings. The van der Waals surface area contributed by atoms with E-state index in [1.54, 1.807) is 6.07 Å². The molecule has 24 heavy (non-hydrogen) atoms. The summed E-state index contributed by atoms with van der Waals surface area (Å²) in [7, 11) is 0. The number of halogens is 1. The number of ether oxygens (including phenoxy) is 1. The lowest BCUT2D eigenvalue weighted by atomic mass is 10.1. The molecule has 1 unspecified atom stereocenters. The predicted octanol–water partition coefficient (Wildman–Crippen LogP) is 4.06. The van der Waals surface area contributed by atoms with Crippen LogP contribution in [0.2, 0.25) is 0 Å². The first-order valence-corrected chi connectivity index (χ1v) is 8.83. The van der Waals surface area contributed by atoms with E-state index < -0.39 is 0 Å². The van der Waals surface area contributed by atoms with Gasteiger partial charge < -0.3 is 15.2 Å². The normalized spacial score (nSPS) is 17.5. The van der Waals surface area contributed by atoms with Crippen molar-refractivity contribution in [3.05, 3.63) is 47.1 Å². The molecule has 2 N–H and O–H groups in total. The zero-order valence-corrected chi connectivity index (χ0v) is 14.7. The number of hydrogen-bond acceptors (Lipinski definition) is 4. The Kier molecular flexibility index (Phi) is 4.16. The first-order valence-electron chi connectivity index (χ1n) is 8.04. The van der Waals surface area contributed by atoms with Crippen molar-refractivity contribution in [1.82, 2.24) is 9.38 Å². The SMILES string of the molecule is Oc1ccccc1-c1nc2ccc(Br)cn2c1NCC1CCCO1. The van der Waals surface area contributed by atoms with Gasteiger partial charge in [0.15, 0.2) is 0 Å². The van der Waals surface area contributed by atoms with Crippen molar-refractivity contribution in [3.63, 3.8) is 0 Å². The number of aromatic nitrogens is 2. The number of hydrogen-bond donors (Lipinski definition) is 2. The molecule has 1 fully saturated rings. The Hall–Kier alpha value is -2.05. The number of nitrogens with zero attached hydrogens (tertiary/aromatic N) is 2. The van der Waals surface area contributed by atoms with Crippen LogP contribution in [0.3, 0.4) is 0 Å². The van der Waals surface area contributed by atoms with Gasteiger partial charge in [0.25, 0.3) is 0 Å². The predicted molar refractivity (Wildman–Crippen MR) is 97.5 cm³/mol. The van der Waals surface area contributed by atoms with Crippen molar-refractivity contribution < 1.29 is 9.84 Å². The van der Waals surface area contributed by atoms with Crippen LogP contribution in [-0.4, -0.2) is 33.7 Å². The zero-order chi connectivity index (χ0) is 16.5. The molecule has 0 aliphatic carbocycles. The van der Waals surface area contributed by atoms with Gasteiger partial charge in [-0.25, -0.2) is 4.98 Å². The van der Waals surface area contributed by atoms with E-state index in [1.165, 1.54) is 0 Å². The Balaban J connectivity index is 1.79. The summed E-state index contributed by atoms with van der Waals surface area (Å²) in [5.41, 5.74) is 2.28. The minimum absolute atomic E-state index is 0.222. The number of pyridine rings is 1. The van der Waals surface area contributed by atoms with Crippen LogP contribution in [0.1, 0.15) is 12.8 Å². The third kappa shape index (κ3) is 2.87. The van der Waals surface area contributed by atoms with E-state index in [1.807, 2.05) is 40.9 Å². The number of anilines is 1. The third-order valence-electron chi connectivity index (χ3n) is 4.26. The van der Waals surface area contributed by atoms with Crippen LogP contribution in [0.5, 0.6) is 5.75 Å². The summed E-state index contributed by atoms with van der Waals surface area (Å²) in [6, 6.07) is 11.2. The molecule has 0 bridgehead atoms. The van der Waals surface area contributed by atoms with Gasteiger partial charge in [-0.1, -0.05) is 12.1 Å². The number of aromatic hydroxyl groups is 1. The molecule has 3 aromatic rings. The molecule has 0 spiro atoms. The average molecular weight is 388 g/mol. The summed E-state index contributed by atoms with van der Waals surface area (Å²) >= 11 is 3.51. The fourth-order valence-corrected chi connectivity index (χ4v) is 3.40. The minimum atomic E-state index is 0.222. The molecular formula is C18H18BrN3O2. The number of imidazole rings is 1. The van der Waals surface area contributed by atoms with Gasteiger partial charge in [-0.05, 0) is 53.0 Å². The molecule has 1 aliphatic heterocycles. The Bertz CT molecular complexity index is 872. The zero-order valence-electron chi connectivity index (χ0n) is 13.1. The lowest BCUT2D eigenvalue weighted by Gasteiger charge is -2.13. The van der Waals surface area contributed by atoms with Crippen LogP contribution in [0.25, 0.3) is 16.9 Å². The highest BCUT2D eigenvalue weighted by Gasteiger charge is 2.20. The minimum Gasteiger partial charge on any atom is -0.507 e. The monoisotopic (exact) mass is 387 g/mol. The number of benzene rings is 1. The number of nitrogens with one attached hydrogen (secondary N) is 1. The number of para-hydroxylation sites is 1. The van der Waals surface area contributed by atoms with Crippen LogP contribution in [0, 0.1) is 0 Å². The Morgan fingerprint density at radius 1 is 1.29 bits per heavy atom. The lowest BCUT2D eigenvalue weighted by molar-refractivity contribution is 0.120. The second-order valence-corrected chi connectivity index (χ2v) is 6.83. The second kappa shape index (κ2) is 6.45. The van der Waals surface area contributed by atoms with Crippen molar-refractivity contribution in [1.29, 1.82) is 0 Å². The van der Waals surface area contributed by atoms with Gasteiger partial charge in [0, 0.05) is 29.4 Å². The van der Waals surface area contributed by atoms with Gasteiger partial charge in [0.1, 0.15) is 22.9 Å². The molecule has 5 nitrogen and oxygen atoms in total. The lowest BCUT2D eigenvalue weighted by Crippen LogP contribution is -2.19. The van der Waals surface area contributed by atoms with Crippen LogP contribution in [0.15, 0.2) is 47.1 Å². The molecule has 124 valence electrons. The largest absolute Gasteiger partial charge is 0.507 e. The number of fused-ring (bicyclic) bond motifs is 1. The molecule has 6 heteroatoms. The Morgan fingerprint density at radius 3 is 2.96 bits per heavy atom. The van der Waals surface area contributed by atoms with E-state index in [9.17, 15) is 5.11 Å². The first kappa shape index (κ1) is 15.5. The highest BCUT2D eigenvalue weighted by molar-refractivity contribution is 9.10. The number of rotatable bonds is 4. The smallest absolute Gasteiger partial charge is 0.139 e. The van der Waals surface area contributed by atoms with Crippen molar-refractivity contribution in [2.45, 2.75) is 18.9 Å². The van der Waals surface area contributed by atoms with E-state index in [-0.39, 0.29) is 11.9 Å². The quantitative estimate of drug-likeness (QED) is 0.708. The van der Waals surface area contributed by atoms with E-state index in [2.05, 4.69) is 21.2 Å². The molecule has 1 atom stereocenters. The van der Waals surface area contributed by atoms with E-state index >= 15 is 0 Å². The fraction of sp³-hybridized carbons (Fsp3) is 0.278. The number of phenols is 1. The van der Waals surface area contributed by atoms with Crippen LogP contribution < -0.4 is 5.32 Å². The van der Waals surface area contributed by atoms with Crippen LogP contribution in [-0.2, 0) is 4.74 Å². The molecule has 2 aromatic heterocycles. The van der Waals surface area contributed by atoms with Gasteiger partial charge in [0.05, 0.1) is 6.10 Å². The fourth-order valence-electron chi connectivity index (χ4n) is 3.07. The van der Waals surface area contributed by atoms with Crippen molar-refractivity contribution >= 4 is 27.4 Å². The highest BCUT2D eigenvalue weighted by Crippen LogP contribution is 2.35. The first-order chi connectivity index (χ1) is 11.7. The Labute approximate surface area is 148 Å². The number of phenolic OH excluding ortho intramolecular Hbond substituents is 1. The van der Waals surface area contributed by atoms with Gasteiger partial charge in [0.2, 0.25) is 0 Å². The summed E-state index contributed by atoms with van der Waals surface area (Å²) in [6.45, 7) is 1.55. The van der Waals surface area contributed by atoms with Crippen molar-refractivity contribution in [2.24, 2.45) is 0 Å². The average Bonchev–Trinajstić information content (AvgIpc) is 3.21. The molecule has 4 rings (SSSR count). The highest BCUT2D eigenvalue weighted by atomic mass is 79.9. The summed E-state index contributed by atoms with van der Waals surface area (Å²) in [5, 5.41) is 13.7. The summed E-state index contributed by atoms with van der Waals surface area (Å²) < 4.78 is 8.68. The topological polar surface area (TPSA) is 58.8 Å². The van der Waals surface area contributed by atoms with Crippen LogP contribution >= 0.6 is 15.9 Å². The van der Waals surface area contributed by atoms with Gasteiger partial charge in [-0.15, -0.1) is 0 Å². The molecule has 0 saturated carbocycles. The van der Waals surface area contributed by atoms with Crippen molar-refractivity contribution in [2.75, 3.05) is 18.5 Å². The van der Waals surface area contributed by atoms with Crippen LogP contribution in [0.4, 0.5) is 5.82 Å². The second-order valence-electron chi connectivity index (χ2n) is 5.92. The molecule has 1 saturated heterocycles. The maximum atomic E-state index is 10.2.